The minimum absolute atomic E-state index is 0.0510. The van der Waals surface area contributed by atoms with Crippen molar-refractivity contribution in [2.75, 3.05) is 0 Å². The number of carbonyl (C=O) groups excluding carboxylic acids is 1. The average molecular weight is 487 g/mol. The minimum Gasteiger partial charge on any atom is -0.493 e. The van der Waals surface area contributed by atoms with Gasteiger partial charge >= 0.3 is 17.2 Å². The number of pyridine rings is 1. The van der Waals surface area contributed by atoms with Crippen LogP contribution in [0, 0.1) is 0 Å². The second-order valence-corrected chi connectivity index (χ2v) is 8.15. The Morgan fingerprint density at radius 3 is 2.44 bits per heavy atom. The molecule has 1 N–H and O–H groups in total. The molecule has 34 heavy (non-hydrogen) atoms. The van der Waals surface area contributed by atoms with Crippen LogP contribution in [0.1, 0.15) is 15.9 Å². The fraction of sp³-hybridized carbons (Fsp3) is 0.0870. The SMILES string of the molecule is O=C(Oc1cnccc1Cn1cc(O)n(-c2ccc(SC(F)(F)F)cc2)c1=O)c1ccccc1. The zero-order valence-corrected chi connectivity index (χ0v) is 18.1. The summed E-state index contributed by atoms with van der Waals surface area (Å²) in [4.78, 5) is 29.2. The van der Waals surface area contributed by atoms with Gasteiger partial charge in [-0.15, -0.1) is 0 Å². The Bertz CT molecular complexity index is 1370. The molecule has 0 fully saturated rings. The number of hydrogen-bond acceptors (Lipinski definition) is 6. The predicted molar refractivity (Wildman–Crippen MR) is 118 cm³/mol. The highest BCUT2D eigenvalue weighted by molar-refractivity contribution is 8.00. The van der Waals surface area contributed by atoms with Crippen LogP contribution in [-0.2, 0) is 6.54 Å². The zero-order valence-electron chi connectivity index (χ0n) is 17.3. The first-order chi connectivity index (χ1) is 16.2. The van der Waals surface area contributed by atoms with Crippen molar-refractivity contribution in [1.82, 2.24) is 14.1 Å². The number of aromatic nitrogens is 3. The maximum atomic E-state index is 12.9. The Morgan fingerprint density at radius 1 is 1.06 bits per heavy atom. The molecular formula is C23H16F3N3O4S. The number of aromatic hydroxyl groups is 1. The molecule has 4 aromatic rings. The minimum atomic E-state index is -4.43. The van der Waals surface area contributed by atoms with Gasteiger partial charge in [0.2, 0.25) is 5.88 Å². The van der Waals surface area contributed by atoms with Gasteiger partial charge in [0.15, 0.2) is 5.75 Å². The molecular weight excluding hydrogens is 471 g/mol. The third-order valence-corrected chi connectivity index (χ3v) is 5.43. The molecule has 0 atom stereocenters. The number of rotatable bonds is 6. The number of halogens is 3. The van der Waals surface area contributed by atoms with E-state index in [0.29, 0.717) is 11.1 Å². The number of benzene rings is 2. The summed E-state index contributed by atoms with van der Waals surface area (Å²) in [6, 6.07) is 14.9. The van der Waals surface area contributed by atoms with Gasteiger partial charge in [0.25, 0.3) is 0 Å². The number of alkyl halides is 3. The third-order valence-electron chi connectivity index (χ3n) is 4.69. The molecule has 0 aliphatic heterocycles. The van der Waals surface area contributed by atoms with Crippen LogP contribution in [-0.4, -0.2) is 30.7 Å². The van der Waals surface area contributed by atoms with E-state index in [1.165, 1.54) is 47.4 Å². The number of ether oxygens (including phenoxy) is 1. The molecule has 0 unspecified atom stereocenters. The lowest BCUT2D eigenvalue weighted by atomic mass is 10.2. The van der Waals surface area contributed by atoms with Crippen molar-refractivity contribution in [3.63, 3.8) is 0 Å². The van der Waals surface area contributed by atoms with Crippen molar-refractivity contribution in [2.45, 2.75) is 16.9 Å². The van der Waals surface area contributed by atoms with Crippen LogP contribution in [0.2, 0.25) is 0 Å². The molecule has 2 heterocycles. The van der Waals surface area contributed by atoms with Crippen LogP contribution in [0.5, 0.6) is 11.6 Å². The van der Waals surface area contributed by atoms with Gasteiger partial charge in [-0.05, 0) is 54.2 Å². The van der Waals surface area contributed by atoms with E-state index in [-0.39, 0.29) is 34.6 Å². The van der Waals surface area contributed by atoms with Crippen LogP contribution < -0.4 is 10.4 Å². The summed E-state index contributed by atoms with van der Waals surface area (Å²) in [6.45, 7) is -0.0542. The van der Waals surface area contributed by atoms with Crippen LogP contribution in [0.25, 0.3) is 5.69 Å². The summed E-state index contributed by atoms with van der Waals surface area (Å²) in [5.41, 5.74) is -4.08. The van der Waals surface area contributed by atoms with E-state index < -0.39 is 23.0 Å². The highest BCUT2D eigenvalue weighted by Gasteiger charge is 2.29. The van der Waals surface area contributed by atoms with Crippen molar-refractivity contribution in [2.24, 2.45) is 0 Å². The third kappa shape index (κ3) is 5.31. The van der Waals surface area contributed by atoms with Gasteiger partial charge in [-0.25, -0.2) is 14.2 Å². The van der Waals surface area contributed by atoms with E-state index in [1.807, 2.05) is 0 Å². The van der Waals surface area contributed by atoms with Crippen LogP contribution >= 0.6 is 11.8 Å². The first-order valence-electron chi connectivity index (χ1n) is 9.79. The molecule has 0 radical (unpaired) electrons. The summed E-state index contributed by atoms with van der Waals surface area (Å²) in [5, 5.41) is 10.3. The fourth-order valence-electron chi connectivity index (χ4n) is 3.18. The molecule has 4 rings (SSSR count). The van der Waals surface area contributed by atoms with Gasteiger partial charge in [-0.3, -0.25) is 9.55 Å². The van der Waals surface area contributed by atoms with Gasteiger partial charge in [0, 0.05) is 16.7 Å². The van der Waals surface area contributed by atoms with E-state index in [4.69, 9.17) is 4.74 Å². The molecule has 11 heteroatoms. The predicted octanol–water partition coefficient (Wildman–Crippen LogP) is 4.62. The maximum absolute atomic E-state index is 12.9. The molecule has 0 amide bonds. The van der Waals surface area contributed by atoms with E-state index >= 15 is 0 Å². The summed E-state index contributed by atoms with van der Waals surface area (Å²) < 4.78 is 45.2. The lowest BCUT2D eigenvalue weighted by Crippen LogP contribution is -2.24. The van der Waals surface area contributed by atoms with Crippen molar-refractivity contribution >= 4 is 17.7 Å². The maximum Gasteiger partial charge on any atom is 0.446 e. The molecule has 0 saturated carbocycles. The lowest BCUT2D eigenvalue weighted by Gasteiger charge is -2.10. The normalized spacial score (nSPS) is 11.4. The molecule has 0 spiro atoms. The molecule has 0 saturated heterocycles. The zero-order chi connectivity index (χ0) is 24.3. The van der Waals surface area contributed by atoms with Crippen molar-refractivity contribution in [3.05, 3.63) is 101 Å². The Hall–Kier alpha value is -3.99. The Kier molecular flexibility index (Phi) is 6.46. The monoisotopic (exact) mass is 487 g/mol. The van der Waals surface area contributed by atoms with Crippen molar-refractivity contribution in [3.8, 4) is 17.3 Å². The van der Waals surface area contributed by atoms with Crippen LogP contribution in [0.3, 0.4) is 0 Å². The fourth-order valence-corrected chi connectivity index (χ4v) is 3.72. The van der Waals surface area contributed by atoms with Gasteiger partial charge in [0.1, 0.15) is 0 Å². The molecule has 7 nitrogen and oxygen atoms in total. The number of hydrogen-bond donors (Lipinski definition) is 1. The van der Waals surface area contributed by atoms with Gasteiger partial charge in [-0.1, -0.05) is 18.2 Å². The van der Waals surface area contributed by atoms with E-state index in [2.05, 4.69) is 4.98 Å². The second kappa shape index (κ2) is 9.48. The molecule has 174 valence electrons. The highest BCUT2D eigenvalue weighted by Crippen LogP contribution is 2.37. The standard InChI is InChI=1S/C23H16F3N3O4S/c24-23(25,26)34-18-8-6-17(7-9-18)29-20(30)14-28(22(29)32)13-16-10-11-27-12-19(16)33-21(31)15-4-2-1-3-5-15/h1-12,14,30H,13H2. The Labute approximate surface area is 195 Å². The van der Waals surface area contributed by atoms with Crippen molar-refractivity contribution < 1.29 is 27.8 Å². The van der Waals surface area contributed by atoms with E-state index in [0.717, 1.165) is 4.57 Å². The van der Waals surface area contributed by atoms with E-state index in [1.54, 1.807) is 36.4 Å². The molecule has 0 aliphatic rings. The number of imidazole rings is 1. The van der Waals surface area contributed by atoms with Gasteiger partial charge in [-0.2, -0.15) is 13.2 Å². The topological polar surface area (TPSA) is 86.3 Å². The Balaban J connectivity index is 1.58. The number of carbonyl (C=O) groups is 1. The van der Waals surface area contributed by atoms with Gasteiger partial charge in [0.05, 0.1) is 30.2 Å². The molecule has 2 aromatic carbocycles. The van der Waals surface area contributed by atoms with Crippen LogP contribution in [0.4, 0.5) is 13.2 Å². The molecule has 0 aliphatic carbocycles. The van der Waals surface area contributed by atoms with Crippen LogP contribution in [0.15, 0.2) is 88.9 Å². The quantitative estimate of drug-likeness (QED) is 0.316. The summed E-state index contributed by atoms with van der Waals surface area (Å²) in [6.07, 6.45) is 3.99. The smallest absolute Gasteiger partial charge is 0.446 e. The average Bonchev–Trinajstić information content (AvgIpc) is 3.08. The molecule has 2 aromatic heterocycles. The summed E-state index contributed by atoms with van der Waals surface area (Å²) in [7, 11) is 0. The number of thioether (sulfide) groups is 1. The molecule has 0 bridgehead atoms. The highest BCUT2D eigenvalue weighted by atomic mass is 32.2. The Morgan fingerprint density at radius 2 is 1.76 bits per heavy atom. The largest absolute Gasteiger partial charge is 0.493 e. The lowest BCUT2D eigenvalue weighted by molar-refractivity contribution is -0.0328. The van der Waals surface area contributed by atoms with E-state index in [9.17, 15) is 27.9 Å². The summed E-state index contributed by atoms with van der Waals surface area (Å²) >= 11 is -0.278. The number of esters is 1. The van der Waals surface area contributed by atoms with Crippen molar-refractivity contribution in [1.29, 1.82) is 0 Å². The number of nitrogens with zero attached hydrogens (tertiary/aromatic N) is 3. The first kappa shape index (κ1) is 23.2. The summed E-state index contributed by atoms with van der Waals surface area (Å²) in [5.74, 6) is -0.860. The second-order valence-electron chi connectivity index (χ2n) is 7.01. The van der Waals surface area contributed by atoms with Gasteiger partial charge < -0.3 is 9.84 Å². The first-order valence-corrected chi connectivity index (χ1v) is 10.6.